The van der Waals surface area contributed by atoms with Crippen molar-refractivity contribution < 1.29 is 9.59 Å². The minimum absolute atomic E-state index is 0.0743. The van der Waals surface area contributed by atoms with Crippen molar-refractivity contribution in [2.45, 2.75) is 20.3 Å². The zero-order valence-electron chi connectivity index (χ0n) is 8.63. The number of ketones is 1. The summed E-state index contributed by atoms with van der Waals surface area (Å²) in [6.07, 6.45) is -0.0743. The molecule has 4 heteroatoms. The van der Waals surface area contributed by atoms with Crippen LogP contribution in [0.15, 0.2) is 22.7 Å². The topological polar surface area (TPSA) is 46.2 Å². The molecule has 80 valence electrons. The van der Waals surface area contributed by atoms with Gasteiger partial charge in [0.05, 0.1) is 6.42 Å². The molecule has 0 atom stereocenters. The highest BCUT2D eigenvalue weighted by Gasteiger charge is 2.05. The molecule has 3 nitrogen and oxygen atoms in total. The minimum Gasteiger partial charge on any atom is -0.326 e. The van der Waals surface area contributed by atoms with Crippen LogP contribution in [0.4, 0.5) is 5.69 Å². The third kappa shape index (κ3) is 3.83. The first-order valence-electron chi connectivity index (χ1n) is 4.54. The summed E-state index contributed by atoms with van der Waals surface area (Å²) < 4.78 is 0.993. The maximum Gasteiger partial charge on any atom is 0.231 e. The second kappa shape index (κ2) is 5.07. The van der Waals surface area contributed by atoms with Crippen LogP contribution in [-0.4, -0.2) is 11.7 Å². The molecule has 1 N–H and O–H groups in total. The third-order valence-electron chi connectivity index (χ3n) is 1.85. The van der Waals surface area contributed by atoms with Crippen LogP contribution in [0, 0.1) is 6.92 Å². The Morgan fingerprint density at radius 1 is 1.40 bits per heavy atom. The van der Waals surface area contributed by atoms with Crippen LogP contribution in [0.3, 0.4) is 0 Å². The van der Waals surface area contributed by atoms with Gasteiger partial charge in [0.15, 0.2) is 0 Å². The number of anilines is 1. The van der Waals surface area contributed by atoms with Crippen molar-refractivity contribution in [3.63, 3.8) is 0 Å². The molecule has 0 radical (unpaired) electrons. The molecule has 0 aliphatic heterocycles. The number of carbonyl (C=O) groups is 2. The van der Waals surface area contributed by atoms with E-state index in [1.807, 2.05) is 19.1 Å². The highest BCUT2D eigenvalue weighted by Crippen LogP contribution is 2.19. The molecule has 0 aliphatic carbocycles. The summed E-state index contributed by atoms with van der Waals surface area (Å²) in [4.78, 5) is 22.0. The normalized spacial score (nSPS) is 9.80. The van der Waals surface area contributed by atoms with Crippen LogP contribution in [0.1, 0.15) is 18.9 Å². The molecule has 0 heterocycles. The first-order valence-corrected chi connectivity index (χ1v) is 5.34. The number of aryl methyl sites for hydroxylation is 1. The lowest BCUT2D eigenvalue weighted by Gasteiger charge is -2.05. The van der Waals surface area contributed by atoms with Gasteiger partial charge in [-0.25, -0.2) is 0 Å². The molecule has 0 fully saturated rings. The number of nitrogens with one attached hydrogen (secondary N) is 1. The second-order valence-corrected chi connectivity index (χ2v) is 4.25. The smallest absolute Gasteiger partial charge is 0.231 e. The average Bonchev–Trinajstić information content (AvgIpc) is 2.10. The molecule has 0 bridgehead atoms. The highest BCUT2D eigenvalue weighted by atomic mass is 79.9. The van der Waals surface area contributed by atoms with Gasteiger partial charge in [0.2, 0.25) is 5.91 Å². The number of benzene rings is 1. The number of rotatable bonds is 3. The number of hydrogen-bond acceptors (Lipinski definition) is 2. The van der Waals surface area contributed by atoms with E-state index in [9.17, 15) is 9.59 Å². The fraction of sp³-hybridized carbons (Fsp3) is 0.273. The molecule has 1 rings (SSSR count). The molecule has 1 aromatic rings. The van der Waals surface area contributed by atoms with Crippen LogP contribution in [0.2, 0.25) is 0 Å². The van der Waals surface area contributed by atoms with Crippen LogP contribution in [0.25, 0.3) is 0 Å². The quantitative estimate of drug-likeness (QED) is 0.858. The van der Waals surface area contributed by atoms with Crippen LogP contribution in [0.5, 0.6) is 0 Å². The molecule has 0 unspecified atom stereocenters. The van der Waals surface area contributed by atoms with Gasteiger partial charge in [-0.3, -0.25) is 9.59 Å². The number of carbonyl (C=O) groups excluding carboxylic acids is 2. The summed E-state index contributed by atoms with van der Waals surface area (Å²) in [6.45, 7) is 3.33. The van der Waals surface area contributed by atoms with Crippen molar-refractivity contribution in [1.82, 2.24) is 0 Å². The first-order chi connectivity index (χ1) is 6.99. The first kappa shape index (κ1) is 11.9. The van der Waals surface area contributed by atoms with E-state index in [-0.39, 0.29) is 18.1 Å². The van der Waals surface area contributed by atoms with Gasteiger partial charge in [-0.15, -0.1) is 0 Å². The van der Waals surface area contributed by atoms with Gasteiger partial charge in [-0.05, 0) is 37.6 Å². The lowest BCUT2D eigenvalue weighted by Crippen LogP contribution is -2.14. The van der Waals surface area contributed by atoms with Gasteiger partial charge in [-0.2, -0.15) is 0 Å². The van der Waals surface area contributed by atoms with Crippen molar-refractivity contribution in [1.29, 1.82) is 0 Å². The third-order valence-corrected chi connectivity index (χ3v) is 2.74. The second-order valence-electron chi connectivity index (χ2n) is 3.39. The maximum absolute atomic E-state index is 11.3. The van der Waals surface area contributed by atoms with Gasteiger partial charge in [-0.1, -0.05) is 15.9 Å². The van der Waals surface area contributed by atoms with E-state index in [1.54, 1.807) is 6.07 Å². The van der Waals surface area contributed by atoms with Crippen LogP contribution >= 0.6 is 15.9 Å². The van der Waals surface area contributed by atoms with E-state index >= 15 is 0 Å². The lowest BCUT2D eigenvalue weighted by atomic mass is 10.2. The van der Waals surface area contributed by atoms with Gasteiger partial charge in [0, 0.05) is 10.2 Å². The summed E-state index contributed by atoms with van der Waals surface area (Å²) in [6, 6.07) is 5.50. The predicted octanol–water partition coefficient (Wildman–Crippen LogP) is 2.68. The largest absolute Gasteiger partial charge is 0.326 e. The molecule has 0 aromatic heterocycles. The predicted molar refractivity (Wildman–Crippen MR) is 62.8 cm³/mol. The molecule has 15 heavy (non-hydrogen) atoms. The fourth-order valence-corrected chi connectivity index (χ4v) is 1.40. The number of hydrogen-bond donors (Lipinski definition) is 1. The monoisotopic (exact) mass is 269 g/mol. The SMILES string of the molecule is CC(=O)CC(=O)Nc1ccc(Br)c(C)c1. The Morgan fingerprint density at radius 3 is 2.60 bits per heavy atom. The van der Waals surface area contributed by atoms with Crippen molar-refractivity contribution in [3.8, 4) is 0 Å². The van der Waals surface area contributed by atoms with Gasteiger partial charge in [0.1, 0.15) is 5.78 Å². The molecular weight excluding hydrogens is 258 g/mol. The van der Waals surface area contributed by atoms with E-state index < -0.39 is 0 Å². The van der Waals surface area contributed by atoms with Crippen LogP contribution in [-0.2, 0) is 9.59 Å². The van der Waals surface area contributed by atoms with E-state index in [2.05, 4.69) is 21.2 Å². The van der Waals surface area contributed by atoms with E-state index in [0.29, 0.717) is 5.69 Å². The van der Waals surface area contributed by atoms with Gasteiger partial charge >= 0.3 is 0 Å². The van der Waals surface area contributed by atoms with Gasteiger partial charge in [0.25, 0.3) is 0 Å². The van der Waals surface area contributed by atoms with E-state index in [0.717, 1.165) is 10.0 Å². The Balaban J connectivity index is 2.69. The summed E-state index contributed by atoms with van der Waals surface area (Å²) in [5.41, 5.74) is 1.75. The summed E-state index contributed by atoms with van der Waals surface area (Å²) in [5, 5.41) is 2.66. The van der Waals surface area contributed by atoms with Gasteiger partial charge < -0.3 is 5.32 Å². The van der Waals surface area contributed by atoms with Crippen molar-refractivity contribution >= 4 is 33.3 Å². The number of halogens is 1. The Morgan fingerprint density at radius 2 is 2.07 bits per heavy atom. The maximum atomic E-state index is 11.3. The average molecular weight is 270 g/mol. The Hall–Kier alpha value is -1.16. The number of amides is 1. The molecule has 1 amide bonds. The van der Waals surface area contributed by atoms with E-state index in [1.165, 1.54) is 6.92 Å². The molecular formula is C11H12BrNO2. The van der Waals surface area contributed by atoms with Crippen molar-refractivity contribution in [2.75, 3.05) is 5.32 Å². The molecule has 0 saturated heterocycles. The van der Waals surface area contributed by atoms with Crippen LogP contribution < -0.4 is 5.32 Å². The summed E-state index contributed by atoms with van der Waals surface area (Å²) in [7, 11) is 0. The highest BCUT2D eigenvalue weighted by molar-refractivity contribution is 9.10. The van der Waals surface area contributed by atoms with Crippen molar-refractivity contribution in [2.24, 2.45) is 0 Å². The Bertz CT molecular complexity index is 402. The lowest BCUT2D eigenvalue weighted by molar-refractivity contribution is -0.124. The molecule has 1 aromatic carbocycles. The Labute approximate surface area is 97.0 Å². The van der Waals surface area contributed by atoms with Crippen molar-refractivity contribution in [3.05, 3.63) is 28.2 Å². The molecule has 0 aliphatic rings. The summed E-state index contributed by atoms with van der Waals surface area (Å²) >= 11 is 3.37. The molecule has 0 spiro atoms. The zero-order valence-corrected chi connectivity index (χ0v) is 10.2. The molecule has 0 saturated carbocycles. The minimum atomic E-state index is -0.274. The number of Topliss-reactive ketones (excluding diaryl/α,β-unsaturated/α-hetero) is 1. The zero-order chi connectivity index (χ0) is 11.4. The standard InChI is InChI=1S/C11H12BrNO2/c1-7-5-9(3-4-10(7)12)13-11(15)6-8(2)14/h3-5H,6H2,1-2H3,(H,13,15). The van der Waals surface area contributed by atoms with E-state index in [4.69, 9.17) is 0 Å². The fourth-order valence-electron chi connectivity index (χ4n) is 1.15. The Kier molecular flexibility index (Phi) is 4.03. The summed E-state index contributed by atoms with van der Waals surface area (Å²) in [5.74, 6) is -0.412.